The molecule has 5 heteroatoms. The first-order chi connectivity index (χ1) is 11.7. The number of benzene rings is 1. The highest BCUT2D eigenvalue weighted by molar-refractivity contribution is 6.01. The lowest BCUT2D eigenvalue weighted by Crippen LogP contribution is -2.26. The Morgan fingerprint density at radius 3 is 3.00 bits per heavy atom. The molecule has 2 heterocycles. The highest BCUT2D eigenvalue weighted by atomic mass is 16.5. The van der Waals surface area contributed by atoms with Crippen LogP contribution in [0.3, 0.4) is 0 Å². The molecule has 124 valence electrons. The molecule has 2 aromatic rings. The fraction of sp³-hybridized carbons (Fsp3) is 0.368. The lowest BCUT2D eigenvalue weighted by Gasteiger charge is -2.31. The second kappa shape index (κ2) is 5.82. The van der Waals surface area contributed by atoms with Gasteiger partial charge in [-0.25, -0.2) is 0 Å². The molecule has 5 nitrogen and oxygen atoms in total. The number of fused-ring (bicyclic) bond motifs is 1. The number of aryl methyl sites for hydroxylation is 1. The Bertz CT molecular complexity index is 835. The molecule has 0 radical (unpaired) electrons. The number of ketones is 1. The topological polar surface area (TPSA) is 64.4 Å². The zero-order chi connectivity index (χ0) is 16.7. The zero-order valence-corrected chi connectivity index (χ0v) is 13.9. The number of carbonyl (C=O) groups excluding carboxylic acids is 1. The number of anilines is 1. The quantitative estimate of drug-likeness (QED) is 0.926. The maximum Gasteiger partial charge on any atom is 0.233 e. The molecule has 0 amide bonds. The number of para-hydroxylation sites is 1. The summed E-state index contributed by atoms with van der Waals surface area (Å²) in [6.45, 7) is 4.46. The van der Waals surface area contributed by atoms with Crippen molar-refractivity contribution < 1.29 is 14.1 Å². The van der Waals surface area contributed by atoms with E-state index in [4.69, 9.17) is 9.26 Å². The average molecular weight is 324 g/mol. The van der Waals surface area contributed by atoms with Gasteiger partial charge in [-0.3, -0.25) is 4.79 Å². The number of ether oxygens (including phenoxy) is 1. The number of nitrogens with one attached hydrogen (secondary N) is 1. The molecule has 1 N–H and O–H groups in total. The standard InChI is InChI=1S/C19H20N2O3/c1-3-23-15-10-5-4-7-12(15)17-16-11(2)21-24-19(16)20-13-8-6-9-14(22)18(13)17/h4-5,7,10,17,20H,3,6,8-9H2,1-2H3/t17-/m0/s1. The van der Waals surface area contributed by atoms with E-state index in [2.05, 4.69) is 10.5 Å². The van der Waals surface area contributed by atoms with Gasteiger partial charge in [-0.15, -0.1) is 0 Å². The first-order valence-electron chi connectivity index (χ1n) is 8.41. The van der Waals surface area contributed by atoms with Gasteiger partial charge < -0.3 is 14.6 Å². The van der Waals surface area contributed by atoms with Crippen molar-refractivity contribution in [2.75, 3.05) is 11.9 Å². The van der Waals surface area contributed by atoms with Crippen LogP contribution < -0.4 is 10.1 Å². The van der Waals surface area contributed by atoms with E-state index in [1.165, 1.54) is 0 Å². The molecule has 0 saturated heterocycles. The van der Waals surface area contributed by atoms with Crippen molar-refractivity contribution >= 4 is 11.7 Å². The van der Waals surface area contributed by atoms with Crippen LogP contribution in [0.2, 0.25) is 0 Å². The van der Waals surface area contributed by atoms with Crippen LogP contribution >= 0.6 is 0 Å². The number of hydrogen-bond acceptors (Lipinski definition) is 5. The second-order valence-electron chi connectivity index (χ2n) is 6.21. The SMILES string of the molecule is CCOc1ccccc1[C@@H]1C2=C(CCCC2=O)Nc2onc(C)c21. The molecule has 2 aliphatic rings. The first-order valence-corrected chi connectivity index (χ1v) is 8.41. The van der Waals surface area contributed by atoms with Crippen molar-refractivity contribution in [2.45, 2.75) is 39.0 Å². The van der Waals surface area contributed by atoms with E-state index in [1.807, 2.05) is 38.1 Å². The van der Waals surface area contributed by atoms with Crippen LogP contribution in [0.4, 0.5) is 5.88 Å². The van der Waals surface area contributed by atoms with Gasteiger partial charge >= 0.3 is 0 Å². The van der Waals surface area contributed by atoms with E-state index in [0.717, 1.165) is 46.7 Å². The van der Waals surface area contributed by atoms with Gasteiger partial charge in [-0.05, 0) is 32.8 Å². The maximum absolute atomic E-state index is 12.7. The van der Waals surface area contributed by atoms with E-state index >= 15 is 0 Å². The molecular formula is C19H20N2O3. The summed E-state index contributed by atoms with van der Waals surface area (Å²) in [5.74, 6) is 1.48. The van der Waals surface area contributed by atoms with Gasteiger partial charge in [0.1, 0.15) is 5.75 Å². The van der Waals surface area contributed by atoms with Crippen LogP contribution in [-0.4, -0.2) is 17.5 Å². The Kier molecular flexibility index (Phi) is 3.63. The first kappa shape index (κ1) is 15.0. The van der Waals surface area contributed by atoms with Crippen LogP contribution in [0.15, 0.2) is 40.1 Å². The summed E-state index contributed by atoms with van der Waals surface area (Å²) in [6, 6.07) is 7.92. The molecule has 1 aromatic carbocycles. The molecule has 0 unspecified atom stereocenters. The normalized spacial score (nSPS) is 19.6. The van der Waals surface area contributed by atoms with E-state index < -0.39 is 0 Å². The molecule has 1 aliphatic heterocycles. The van der Waals surface area contributed by atoms with Gasteiger partial charge in [0.15, 0.2) is 5.78 Å². The molecule has 1 aliphatic carbocycles. The van der Waals surface area contributed by atoms with E-state index in [-0.39, 0.29) is 11.7 Å². The maximum atomic E-state index is 12.7. The third kappa shape index (κ3) is 2.23. The molecule has 0 bridgehead atoms. The van der Waals surface area contributed by atoms with Gasteiger partial charge in [-0.2, -0.15) is 0 Å². The van der Waals surface area contributed by atoms with Crippen molar-refractivity contribution in [3.8, 4) is 5.75 Å². The molecular weight excluding hydrogens is 304 g/mol. The van der Waals surface area contributed by atoms with Gasteiger partial charge in [-0.1, -0.05) is 23.4 Å². The summed E-state index contributed by atoms with van der Waals surface area (Å²) in [7, 11) is 0. The van der Waals surface area contributed by atoms with Gasteiger partial charge in [0.2, 0.25) is 5.88 Å². The molecule has 1 aromatic heterocycles. The smallest absolute Gasteiger partial charge is 0.233 e. The van der Waals surface area contributed by atoms with Crippen molar-refractivity contribution in [2.24, 2.45) is 0 Å². The van der Waals surface area contributed by atoms with Crippen molar-refractivity contribution in [3.05, 3.63) is 52.4 Å². The third-order valence-electron chi connectivity index (χ3n) is 4.74. The molecule has 0 spiro atoms. The molecule has 0 saturated carbocycles. The Morgan fingerprint density at radius 1 is 1.33 bits per heavy atom. The minimum absolute atomic E-state index is 0.182. The Labute approximate surface area is 140 Å². The highest BCUT2D eigenvalue weighted by Gasteiger charge is 2.39. The Hall–Kier alpha value is -2.56. The summed E-state index contributed by atoms with van der Waals surface area (Å²) in [6.07, 6.45) is 2.31. The Balaban J connectivity index is 1.95. The molecule has 4 rings (SSSR count). The molecule has 24 heavy (non-hydrogen) atoms. The average Bonchev–Trinajstić information content (AvgIpc) is 2.95. The fourth-order valence-corrected chi connectivity index (χ4v) is 3.73. The van der Waals surface area contributed by atoms with Crippen LogP contribution in [-0.2, 0) is 4.79 Å². The van der Waals surface area contributed by atoms with Crippen LogP contribution in [0.1, 0.15) is 48.9 Å². The third-order valence-corrected chi connectivity index (χ3v) is 4.74. The van der Waals surface area contributed by atoms with Crippen molar-refractivity contribution in [1.82, 2.24) is 5.16 Å². The fourth-order valence-electron chi connectivity index (χ4n) is 3.73. The van der Waals surface area contributed by atoms with Crippen molar-refractivity contribution in [1.29, 1.82) is 0 Å². The largest absolute Gasteiger partial charge is 0.494 e. The number of allylic oxidation sites excluding steroid dienone is 2. The molecule has 1 atom stereocenters. The summed E-state index contributed by atoms with van der Waals surface area (Å²) in [4.78, 5) is 12.7. The number of aromatic nitrogens is 1. The van der Waals surface area contributed by atoms with E-state index in [9.17, 15) is 4.79 Å². The van der Waals surface area contributed by atoms with Crippen molar-refractivity contribution in [3.63, 3.8) is 0 Å². The summed E-state index contributed by atoms with van der Waals surface area (Å²) >= 11 is 0. The zero-order valence-electron chi connectivity index (χ0n) is 13.9. The predicted molar refractivity (Wildman–Crippen MR) is 90.2 cm³/mol. The number of rotatable bonds is 3. The number of hydrogen-bond donors (Lipinski definition) is 1. The van der Waals surface area contributed by atoms with E-state index in [1.54, 1.807) is 0 Å². The Morgan fingerprint density at radius 2 is 2.17 bits per heavy atom. The number of carbonyl (C=O) groups is 1. The van der Waals surface area contributed by atoms with Gasteiger partial charge in [0.25, 0.3) is 0 Å². The second-order valence-corrected chi connectivity index (χ2v) is 6.21. The lowest BCUT2D eigenvalue weighted by molar-refractivity contribution is -0.116. The minimum Gasteiger partial charge on any atom is -0.494 e. The summed E-state index contributed by atoms with van der Waals surface area (Å²) in [5, 5.41) is 7.41. The summed E-state index contributed by atoms with van der Waals surface area (Å²) < 4.78 is 11.3. The number of nitrogens with zero attached hydrogens (tertiary/aromatic N) is 1. The summed E-state index contributed by atoms with van der Waals surface area (Å²) in [5.41, 5.74) is 4.55. The number of Topliss-reactive ketones (excluding diaryl/α,β-unsaturated/α-hetero) is 1. The van der Waals surface area contributed by atoms with Gasteiger partial charge in [0.05, 0.1) is 23.8 Å². The van der Waals surface area contributed by atoms with E-state index in [0.29, 0.717) is 18.9 Å². The van der Waals surface area contributed by atoms with Crippen LogP contribution in [0, 0.1) is 6.92 Å². The lowest BCUT2D eigenvalue weighted by atomic mass is 9.76. The van der Waals surface area contributed by atoms with Crippen LogP contribution in [0.5, 0.6) is 5.75 Å². The highest BCUT2D eigenvalue weighted by Crippen LogP contribution is 2.48. The van der Waals surface area contributed by atoms with Crippen LogP contribution in [0.25, 0.3) is 0 Å². The monoisotopic (exact) mass is 324 g/mol. The minimum atomic E-state index is -0.182. The van der Waals surface area contributed by atoms with Gasteiger partial charge in [0, 0.05) is 23.3 Å². The molecule has 0 fully saturated rings. The predicted octanol–water partition coefficient (Wildman–Crippen LogP) is 3.95.